The Bertz CT molecular complexity index is 572. The Morgan fingerprint density at radius 3 is 2.87 bits per heavy atom. The van der Waals surface area contributed by atoms with Crippen LogP contribution in [0.1, 0.15) is 43.5 Å². The van der Waals surface area contributed by atoms with Crippen molar-refractivity contribution in [3.8, 4) is 0 Å². The molecule has 7 heteroatoms. The molecule has 2 aliphatic heterocycles. The Hall–Kier alpha value is -1.21. The fourth-order valence-electron chi connectivity index (χ4n) is 4.05. The van der Waals surface area contributed by atoms with Gasteiger partial charge in [-0.2, -0.15) is 0 Å². The molecule has 0 radical (unpaired) electrons. The first kappa shape index (κ1) is 15.3. The molecule has 4 rings (SSSR count). The van der Waals surface area contributed by atoms with Gasteiger partial charge >= 0.3 is 0 Å². The normalized spacial score (nSPS) is 31.3. The van der Waals surface area contributed by atoms with E-state index in [4.69, 9.17) is 4.74 Å². The van der Waals surface area contributed by atoms with Gasteiger partial charge in [-0.25, -0.2) is 0 Å². The summed E-state index contributed by atoms with van der Waals surface area (Å²) in [7, 11) is 0. The smallest absolute Gasteiger partial charge is 0.249 e. The molecule has 1 amide bonds. The molecule has 126 valence electrons. The van der Waals surface area contributed by atoms with E-state index < -0.39 is 0 Å². The highest BCUT2D eigenvalue weighted by atomic mass is 32.1. The number of aryl methyl sites for hydroxylation is 1. The summed E-state index contributed by atoms with van der Waals surface area (Å²) in [6.45, 7) is 3.78. The topological polar surface area (TPSA) is 67.4 Å². The fraction of sp³-hybridized carbons (Fsp3) is 0.812. The van der Waals surface area contributed by atoms with Gasteiger partial charge < -0.3 is 15.0 Å². The van der Waals surface area contributed by atoms with Crippen LogP contribution in [0.5, 0.6) is 0 Å². The molecule has 0 unspecified atom stereocenters. The maximum atomic E-state index is 12.4. The van der Waals surface area contributed by atoms with Crippen molar-refractivity contribution in [2.24, 2.45) is 5.92 Å². The van der Waals surface area contributed by atoms with Crippen molar-refractivity contribution >= 4 is 22.4 Å². The lowest BCUT2D eigenvalue weighted by atomic mass is 9.92. The third-order valence-corrected chi connectivity index (χ3v) is 6.23. The van der Waals surface area contributed by atoms with Gasteiger partial charge in [-0.1, -0.05) is 24.2 Å². The van der Waals surface area contributed by atoms with Gasteiger partial charge in [0.1, 0.15) is 11.1 Å². The molecule has 1 saturated carbocycles. The van der Waals surface area contributed by atoms with Crippen LogP contribution in [0, 0.1) is 12.8 Å². The molecule has 2 saturated heterocycles. The summed E-state index contributed by atoms with van der Waals surface area (Å²) in [6, 6.07) is 0.370. The van der Waals surface area contributed by atoms with E-state index in [2.05, 4.69) is 20.4 Å². The Labute approximate surface area is 140 Å². The average molecular weight is 336 g/mol. The summed E-state index contributed by atoms with van der Waals surface area (Å²) in [5, 5.41) is 13.5. The molecule has 0 bridgehead atoms. The van der Waals surface area contributed by atoms with Crippen LogP contribution in [0.4, 0.5) is 5.13 Å². The van der Waals surface area contributed by atoms with E-state index in [0.29, 0.717) is 12.0 Å². The maximum absolute atomic E-state index is 12.4. The standard InChI is InChI=1S/C16H24N4O2S/c1-10-18-19-16(23-10)20-7-6-11-8-13(22-14(11)9-20)15(21)17-12-4-2-3-5-12/h11-14H,2-9H2,1H3,(H,17,21)/t11-,13-,14+/m0/s1. The van der Waals surface area contributed by atoms with Crippen molar-refractivity contribution < 1.29 is 9.53 Å². The van der Waals surface area contributed by atoms with E-state index in [1.807, 2.05) is 6.92 Å². The highest BCUT2D eigenvalue weighted by Crippen LogP contribution is 2.35. The van der Waals surface area contributed by atoms with Gasteiger partial charge in [-0.15, -0.1) is 10.2 Å². The van der Waals surface area contributed by atoms with Gasteiger partial charge in [-0.05, 0) is 38.5 Å². The van der Waals surface area contributed by atoms with Crippen LogP contribution in [0.2, 0.25) is 0 Å². The van der Waals surface area contributed by atoms with E-state index >= 15 is 0 Å². The number of fused-ring (bicyclic) bond motifs is 1. The molecule has 1 aromatic heterocycles. The van der Waals surface area contributed by atoms with E-state index in [9.17, 15) is 4.79 Å². The average Bonchev–Trinajstić information content (AvgIpc) is 3.25. The summed E-state index contributed by atoms with van der Waals surface area (Å²) >= 11 is 1.63. The number of carbonyl (C=O) groups excluding carboxylic acids is 1. The second kappa shape index (κ2) is 6.36. The van der Waals surface area contributed by atoms with Crippen LogP contribution in [-0.2, 0) is 9.53 Å². The predicted molar refractivity (Wildman–Crippen MR) is 88.6 cm³/mol. The summed E-state index contributed by atoms with van der Waals surface area (Å²) in [4.78, 5) is 14.7. The molecule has 1 aromatic rings. The van der Waals surface area contributed by atoms with Gasteiger partial charge in [0.15, 0.2) is 0 Å². The number of rotatable bonds is 3. The lowest BCUT2D eigenvalue weighted by molar-refractivity contribution is -0.132. The fourth-order valence-corrected chi connectivity index (χ4v) is 4.77. The summed E-state index contributed by atoms with van der Waals surface area (Å²) < 4.78 is 6.10. The van der Waals surface area contributed by atoms with Crippen LogP contribution >= 0.6 is 11.3 Å². The maximum Gasteiger partial charge on any atom is 0.249 e. The zero-order valence-electron chi connectivity index (χ0n) is 13.5. The lowest BCUT2D eigenvalue weighted by Gasteiger charge is -2.33. The molecular formula is C16H24N4O2S. The van der Waals surface area contributed by atoms with Gasteiger partial charge in [0.2, 0.25) is 11.0 Å². The van der Waals surface area contributed by atoms with Crippen molar-refractivity contribution in [1.82, 2.24) is 15.5 Å². The minimum absolute atomic E-state index is 0.101. The lowest BCUT2D eigenvalue weighted by Crippen LogP contribution is -2.43. The zero-order valence-corrected chi connectivity index (χ0v) is 14.3. The molecule has 1 aliphatic carbocycles. The van der Waals surface area contributed by atoms with Gasteiger partial charge in [-0.3, -0.25) is 4.79 Å². The number of ether oxygens (including phenoxy) is 1. The molecule has 6 nitrogen and oxygen atoms in total. The quantitative estimate of drug-likeness (QED) is 0.913. The summed E-state index contributed by atoms with van der Waals surface area (Å²) in [5.41, 5.74) is 0. The number of amides is 1. The number of piperidine rings is 1. The predicted octanol–water partition coefficient (Wildman–Crippen LogP) is 1.89. The second-order valence-electron chi connectivity index (χ2n) is 6.99. The SMILES string of the molecule is Cc1nnc(N2CC[C@H]3C[C@@H](C(=O)NC4CCCC4)O[C@@H]3C2)s1. The van der Waals surface area contributed by atoms with Crippen LogP contribution in [0.25, 0.3) is 0 Å². The number of nitrogens with one attached hydrogen (secondary N) is 1. The molecule has 3 atom stereocenters. The van der Waals surface area contributed by atoms with Crippen molar-refractivity contribution in [3.05, 3.63) is 5.01 Å². The number of hydrogen-bond acceptors (Lipinski definition) is 6. The first-order valence-electron chi connectivity index (χ1n) is 8.70. The second-order valence-corrected chi connectivity index (χ2v) is 8.15. The van der Waals surface area contributed by atoms with Gasteiger partial charge in [0.25, 0.3) is 0 Å². The van der Waals surface area contributed by atoms with Crippen LogP contribution < -0.4 is 10.2 Å². The highest BCUT2D eigenvalue weighted by Gasteiger charge is 2.42. The third-order valence-electron chi connectivity index (χ3n) is 5.33. The molecule has 3 fully saturated rings. The van der Waals surface area contributed by atoms with Crippen LogP contribution in [0.3, 0.4) is 0 Å². The summed E-state index contributed by atoms with van der Waals surface area (Å²) in [6.07, 6.45) is 6.53. The van der Waals surface area contributed by atoms with E-state index in [1.54, 1.807) is 11.3 Å². The van der Waals surface area contributed by atoms with Crippen molar-refractivity contribution in [3.63, 3.8) is 0 Å². The Morgan fingerprint density at radius 1 is 1.30 bits per heavy atom. The molecular weight excluding hydrogens is 312 g/mol. The molecule has 3 aliphatic rings. The van der Waals surface area contributed by atoms with Crippen LogP contribution in [-0.4, -0.2) is 47.4 Å². The Morgan fingerprint density at radius 2 is 2.13 bits per heavy atom. The largest absolute Gasteiger partial charge is 0.363 e. The van der Waals surface area contributed by atoms with Crippen molar-refractivity contribution in [2.75, 3.05) is 18.0 Å². The molecule has 0 spiro atoms. The Balaban J connectivity index is 1.34. The zero-order chi connectivity index (χ0) is 15.8. The Kier molecular flexibility index (Phi) is 4.24. The number of nitrogens with zero attached hydrogens (tertiary/aromatic N) is 3. The summed E-state index contributed by atoms with van der Waals surface area (Å²) in [5.74, 6) is 0.601. The number of hydrogen-bond donors (Lipinski definition) is 1. The molecule has 23 heavy (non-hydrogen) atoms. The van der Waals surface area contributed by atoms with Gasteiger partial charge in [0.05, 0.1) is 6.10 Å². The minimum atomic E-state index is -0.262. The molecule has 0 aromatic carbocycles. The monoisotopic (exact) mass is 336 g/mol. The van der Waals surface area contributed by atoms with Crippen LogP contribution in [0.15, 0.2) is 0 Å². The van der Waals surface area contributed by atoms with E-state index in [-0.39, 0.29) is 18.1 Å². The van der Waals surface area contributed by atoms with Crippen molar-refractivity contribution in [2.45, 2.75) is 63.7 Å². The van der Waals surface area contributed by atoms with E-state index in [0.717, 1.165) is 48.9 Å². The third kappa shape index (κ3) is 3.21. The van der Waals surface area contributed by atoms with Gasteiger partial charge in [0, 0.05) is 19.1 Å². The highest BCUT2D eigenvalue weighted by molar-refractivity contribution is 7.15. The first-order chi connectivity index (χ1) is 11.2. The number of anilines is 1. The molecule has 3 heterocycles. The first-order valence-corrected chi connectivity index (χ1v) is 9.51. The number of aromatic nitrogens is 2. The number of carbonyl (C=O) groups is 1. The van der Waals surface area contributed by atoms with Crippen molar-refractivity contribution in [1.29, 1.82) is 0 Å². The van der Waals surface area contributed by atoms with E-state index in [1.165, 1.54) is 12.8 Å². The minimum Gasteiger partial charge on any atom is -0.363 e. The molecule has 1 N–H and O–H groups in total.